The maximum atomic E-state index is 9.59. The number of ether oxygens (including phenoxy) is 1. The standard InChI is InChI=1S/C12H13N3S.C3H6O2/c1-7-4-8-6-10(12-14-2-3-16-12)15-11(8)9(13)5-7;1-3(4)5-2/h4-6,15H,2-3,13H2,1H3;1-2H3. The van der Waals surface area contributed by atoms with Crippen molar-refractivity contribution in [3.8, 4) is 0 Å². The quantitative estimate of drug-likeness (QED) is 0.627. The summed E-state index contributed by atoms with van der Waals surface area (Å²) >= 11 is 1.80. The van der Waals surface area contributed by atoms with Crippen LogP contribution < -0.4 is 5.73 Å². The molecular formula is C15H19N3O2S. The highest BCUT2D eigenvalue weighted by Gasteiger charge is 2.13. The summed E-state index contributed by atoms with van der Waals surface area (Å²) in [6, 6.07) is 6.27. The number of anilines is 1. The normalized spacial score (nSPS) is 13.6. The predicted molar refractivity (Wildman–Crippen MR) is 89.0 cm³/mol. The van der Waals surface area contributed by atoms with Crippen molar-refractivity contribution in [2.75, 3.05) is 25.1 Å². The van der Waals surface area contributed by atoms with Gasteiger partial charge in [-0.1, -0.05) is 0 Å². The number of hydrogen-bond donors (Lipinski definition) is 2. The van der Waals surface area contributed by atoms with Crippen molar-refractivity contribution < 1.29 is 9.53 Å². The van der Waals surface area contributed by atoms with E-state index in [0.29, 0.717) is 0 Å². The second-order valence-corrected chi connectivity index (χ2v) is 5.82. The van der Waals surface area contributed by atoms with E-state index in [1.807, 2.05) is 6.07 Å². The van der Waals surface area contributed by atoms with Gasteiger partial charge in [0.05, 0.1) is 24.0 Å². The number of nitrogen functional groups attached to an aromatic ring is 1. The number of aliphatic imine (C=N–C) groups is 1. The lowest BCUT2D eigenvalue weighted by Gasteiger charge is -1.98. The van der Waals surface area contributed by atoms with Crippen LogP contribution in [-0.2, 0) is 9.53 Å². The van der Waals surface area contributed by atoms with Crippen LogP contribution >= 0.6 is 11.8 Å². The Hall–Kier alpha value is -1.95. The molecule has 1 aliphatic rings. The number of fused-ring (bicyclic) bond motifs is 1. The summed E-state index contributed by atoms with van der Waals surface area (Å²) in [4.78, 5) is 17.4. The van der Waals surface area contributed by atoms with Crippen molar-refractivity contribution in [1.29, 1.82) is 0 Å². The van der Waals surface area contributed by atoms with Crippen LogP contribution in [0.3, 0.4) is 0 Å². The lowest BCUT2D eigenvalue weighted by atomic mass is 10.1. The number of hydrogen-bond acceptors (Lipinski definition) is 5. The number of nitrogens with zero attached hydrogens (tertiary/aromatic N) is 1. The van der Waals surface area contributed by atoms with Crippen LogP contribution in [0.25, 0.3) is 10.9 Å². The number of carbonyl (C=O) groups is 1. The van der Waals surface area contributed by atoms with Crippen LogP contribution in [0.4, 0.5) is 5.69 Å². The molecule has 2 heterocycles. The van der Waals surface area contributed by atoms with Gasteiger partial charge < -0.3 is 15.5 Å². The van der Waals surface area contributed by atoms with Crippen molar-refractivity contribution >= 4 is 39.4 Å². The van der Waals surface area contributed by atoms with Crippen LogP contribution in [0.15, 0.2) is 23.2 Å². The highest BCUT2D eigenvalue weighted by Crippen LogP contribution is 2.26. The summed E-state index contributed by atoms with van der Waals surface area (Å²) in [5.41, 5.74) is 10.1. The zero-order valence-corrected chi connectivity index (χ0v) is 13.2. The minimum Gasteiger partial charge on any atom is -0.469 e. The maximum absolute atomic E-state index is 9.59. The zero-order valence-electron chi connectivity index (χ0n) is 12.4. The highest BCUT2D eigenvalue weighted by atomic mass is 32.2. The smallest absolute Gasteiger partial charge is 0.302 e. The van der Waals surface area contributed by atoms with E-state index in [0.717, 1.165) is 34.2 Å². The second kappa shape index (κ2) is 6.67. The molecule has 0 fully saturated rings. The number of H-pyrrole nitrogens is 1. The number of nitrogens with one attached hydrogen (secondary N) is 1. The van der Waals surface area contributed by atoms with Gasteiger partial charge in [0, 0.05) is 24.6 Å². The van der Waals surface area contributed by atoms with Gasteiger partial charge in [-0.2, -0.15) is 0 Å². The minimum atomic E-state index is -0.245. The number of methoxy groups -OCH3 is 1. The first-order valence-electron chi connectivity index (χ1n) is 6.62. The van der Waals surface area contributed by atoms with Gasteiger partial charge in [-0.15, -0.1) is 11.8 Å². The summed E-state index contributed by atoms with van der Waals surface area (Å²) in [5, 5.41) is 2.27. The monoisotopic (exact) mass is 305 g/mol. The summed E-state index contributed by atoms with van der Waals surface area (Å²) in [6.07, 6.45) is 0. The molecule has 0 bridgehead atoms. The fourth-order valence-electron chi connectivity index (χ4n) is 2.04. The highest BCUT2D eigenvalue weighted by molar-refractivity contribution is 8.14. The number of aryl methyl sites for hydroxylation is 1. The molecule has 6 heteroatoms. The third kappa shape index (κ3) is 3.78. The molecular weight excluding hydrogens is 286 g/mol. The minimum absolute atomic E-state index is 0.245. The summed E-state index contributed by atoms with van der Waals surface area (Å²) in [5.74, 6) is 0.837. The SMILES string of the molecule is COC(C)=O.Cc1cc(N)c2[nH]c(C3=NCCS3)cc2c1. The van der Waals surface area contributed by atoms with E-state index in [9.17, 15) is 4.79 Å². The Kier molecular flexibility index (Phi) is 4.90. The molecule has 0 spiro atoms. The lowest BCUT2D eigenvalue weighted by molar-refractivity contribution is -0.137. The van der Waals surface area contributed by atoms with Crippen LogP contribution in [0.2, 0.25) is 0 Å². The average Bonchev–Trinajstić information content (AvgIpc) is 3.06. The molecule has 21 heavy (non-hydrogen) atoms. The predicted octanol–water partition coefficient (Wildman–Crippen LogP) is 2.73. The first-order chi connectivity index (χ1) is 10.0. The Labute approximate surface area is 128 Å². The van der Waals surface area contributed by atoms with Gasteiger partial charge in [-0.3, -0.25) is 9.79 Å². The van der Waals surface area contributed by atoms with Gasteiger partial charge in [0.1, 0.15) is 5.04 Å². The Morgan fingerprint density at radius 2 is 2.14 bits per heavy atom. The molecule has 0 radical (unpaired) electrons. The van der Waals surface area contributed by atoms with Crippen molar-refractivity contribution in [1.82, 2.24) is 4.98 Å². The van der Waals surface area contributed by atoms with Crippen LogP contribution in [0.5, 0.6) is 0 Å². The second-order valence-electron chi connectivity index (χ2n) is 4.73. The van der Waals surface area contributed by atoms with E-state index in [-0.39, 0.29) is 5.97 Å². The van der Waals surface area contributed by atoms with E-state index in [1.54, 1.807) is 11.8 Å². The Morgan fingerprint density at radius 1 is 1.43 bits per heavy atom. The van der Waals surface area contributed by atoms with E-state index < -0.39 is 0 Å². The number of aromatic nitrogens is 1. The Balaban J connectivity index is 0.000000282. The van der Waals surface area contributed by atoms with Crippen LogP contribution in [0.1, 0.15) is 18.2 Å². The maximum Gasteiger partial charge on any atom is 0.302 e. The molecule has 0 saturated carbocycles. The number of carbonyl (C=O) groups excluding carboxylic acids is 1. The fraction of sp³-hybridized carbons (Fsp3) is 0.333. The molecule has 2 aromatic rings. The molecule has 3 rings (SSSR count). The van der Waals surface area contributed by atoms with E-state index in [1.165, 1.54) is 25.0 Å². The van der Waals surface area contributed by atoms with Gasteiger partial charge >= 0.3 is 5.97 Å². The Bertz CT molecular complexity index is 692. The molecule has 1 aliphatic heterocycles. The van der Waals surface area contributed by atoms with Crippen molar-refractivity contribution in [3.05, 3.63) is 29.5 Å². The summed E-state index contributed by atoms with van der Waals surface area (Å²) < 4.78 is 4.11. The zero-order chi connectivity index (χ0) is 15.4. The largest absolute Gasteiger partial charge is 0.469 e. The van der Waals surface area contributed by atoms with Crippen molar-refractivity contribution in [2.24, 2.45) is 4.99 Å². The van der Waals surface area contributed by atoms with Crippen LogP contribution in [0, 0.1) is 6.92 Å². The molecule has 5 nitrogen and oxygen atoms in total. The number of thioether (sulfide) groups is 1. The lowest BCUT2D eigenvalue weighted by Crippen LogP contribution is -1.92. The van der Waals surface area contributed by atoms with Crippen molar-refractivity contribution in [2.45, 2.75) is 13.8 Å². The fourth-order valence-corrected chi connectivity index (χ4v) is 2.86. The molecule has 0 atom stereocenters. The number of nitrogens with two attached hydrogens (primary N) is 1. The van der Waals surface area contributed by atoms with Gasteiger partial charge in [-0.25, -0.2) is 0 Å². The van der Waals surface area contributed by atoms with E-state index >= 15 is 0 Å². The Morgan fingerprint density at radius 3 is 2.71 bits per heavy atom. The number of rotatable bonds is 1. The van der Waals surface area contributed by atoms with Gasteiger partial charge in [-0.05, 0) is 30.7 Å². The third-order valence-corrected chi connectivity index (χ3v) is 4.02. The molecule has 1 aromatic heterocycles. The number of aromatic amines is 1. The molecule has 0 aliphatic carbocycles. The average molecular weight is 305 g/mol. The molecule has 3 N–H and O–H groups in total. The van der Waals surface area contributed by atoms with E-state index in [2.05, 4.69) is 33.8 Å². The molecule has 112 valence electrons. The molecule has 1 aromatic carbocycles. The van der Waals surface area contributed by atoms with E-state index in [4.69, 9.17) is 5.73 Å². The first kappa shape index (κ1) is 15.4. The summed E-state index contributed by atoms with van der Waals surface area (Å²) in [6.45, 7) is 4.34. The molecule has 0 amide bonds. The van der Waals surface area contributed by atoms with Gasteiger partial charge in [0.15, 0.2) is 0 Å². The number of esters is 1. The third-order valence-electron chi connectivity index (χ3n) is 3.01. The molecule has 0 saturated heterocycles. The van der Waals surface area contributed by atoms with Crippen molar-refractivity contribution in [3.63, 3.8) is 0 Å². The van der Waals surface area contributed by atoms with Gasteiger partial charge in [0.2, 0.25) is 0 Å². The van der Waals surface area contributed by atoms with Crippen LogP contribution in [-0.4, -0.2) is 35.4 Å². The molecule has 0 unspecified atom stereocenters. The topological polar surface area (TPSA) is 80.5 Å². The van der Waals surface area contributed by atoms with Gasteiger partial charge in [0.25, 0.3) is 0 Å². The summed E-state index contributed by atoms with van der Waals surface area (Å²) in [7, 11) is 1.35. The first-order valence-corrected chi connectivity index (χ1v) is 7.61. The number of benzene rings is 1.